The Kier molecular flexibility index (Phi) is 1.77. The second-order valence-electron chi connectivity index (χ2n) is 4.20. The Morgan fingerprint density at radius 2 is 2.21 bits per heavy atom. The van der Waals surface area contributed by atoms with Gasteiger partial charge in [0, 0.05) is 6.42 Å². The second kappa shape index (κ2) is 2.74. The van der Waals surface area contributed by atoms with E-state index in [0.29, 0.717) is 11.3 Å². The van der Waals surface area contributed by atoms with Gasteiger partial charge in [-0.1, -0.05) is 12.1 Å². The lowest BCUT2D eigenvalue weighted by atomic mass is 10.0. The molecule has 74 valence electrons. The highest BCUT2D eigenvalue weighted by atomic mass is 16.5. The molecule has 0 bridgehead atoms. The predicted octanol–water partition coefficient (Wildman–Crippen LogP) is 1.50. The monoisotopic (exact) mass is 191 g/mol. The lowest BCUT2D eigenvalue weighted by Gasteiger charge is -2.17. The number of amides is 1. The van der Waals surface area contributed by atoms with Gasteiger partial charge in [-0.25, -0.2) is 0 Å². The maximum atomic E-state index is 11.1. The Hall–Kier alpha value is -1.51. The van der Waals surface area contributed by atoms with Crippen molar-refractivity contribution in [2.24, 2.45) is 5.73 Å². The average molecular weight is 191 g/mol. The highest BCUT2D eigenvalue weighted by Gasteiger charge is 2.32. The number of fused-ring (bicyclic) bond motifs is 1. The third kappa shape index (κ3) is 1.35. The molecular weight excluding hydrogens is 178 g/mol. The minimum atomic E-state index is -0.431. The summed E-state index contributed by atoms with van der Waals surface area (Å²) in [7, 11) is 0. The highest BCUT2D eigenvalue weighted by molar-refractivity contribution is 5.96. The largest absolute Gasteiger partial charge is 0.486 e. The van der Waals surface area contributed by atoms with Crippen molar-refractivity contribution in [3.8, 4) is 5.75 Å². The maximum Gasteiger partial charge on any atom is 0.252 e. The van der Waals surface area contributed by atoms with Gasteiger partial charge in [0.1, 0.15) is 11.4 Å². The average Bonchev–Trinajstić information content (AvgIpc) is 2.36. The zero-order valence-electron chi connectivity index (χ0n) is 8.33. The van der Waals surface area contributed by atoms with Crippen molar-refractivity contribution in [2.75, 3.05) is 0 Å². The molecule has 0 aromatic heterocycles. The van der Waals surface area contributed by atoms with E-state index in [0.717, 1.165) is 12.0 Å². The fraction of sp³-hybridized carbons (Fsp3) is 0.364. The third-order valence-corrected chi connectivity index (χ3v) is 2.36. The first-order valence-electron chi connectivity index (χ1n) is 4.60. The van der Waals surface area contributed by atoms with Gasteiger partial charge >= 0.3 is 0 Å². The Morgan fingerprint density at radius 3 is 2.86 bits per heavy atom. The van der Waals surface area contributed by atoms with E-state index in [-0.39, 0.29) is 5.60 Å². The number of nitrogens with two attached hydrogens (primary N) is 1. The van der Waals surface area contributed by atoms with Crippen molar-refractivity contribution in [1.29, 1.82) is 0 Å². The van der Waals surface area contributed by atoms with Gasteiger partial charge in [-0.05, 0) is 25.5 Å². The number of carbonyl (C=O) groups excluding carboxylic acids is 1. The molecule has 0 radical (unpaired) electrons. The summed E-state index contributed by atoms with van der Waals surface area (Å²) < 4.78 is 5.69. The Morgan fingerprint density at radius 1 is 1.50 bits per heavy atom. The smallest absolute Gasteiger partial charge is 0.252 e. The summed E-state index contributed by atoms with van der Waals surface area (Å²) in [6.07, 6.45) is 0.823. The molecule has 1 aromatic carbocycles. The van der Waals surface area contributed by atoms with Crippen molar-refractivity contribution in [3.63, 3.8) is 0 Å². The van der Waals surface area contributed by atoms with Crippen molar-refractivity contribution in [1.82, 2.24) is 0 Å². The molecule has 1 aromatic rings. The zero-order valence-corrected chi connectivity index (χ0v) is 8.33. The molecule has 3 nitrogen and oxygen atoms in total. The number of ether oxygens (including phenoxy) is 1. The molecule has 0 atom stereocenters. The SMILES string of the molecule is CC1(C)Cc2cccc(C(N)=O)c2O1. The molecule has 0 spiro atoms. The van der Waals surface area contributed by atoms with E-state index in [1.807, 2.05) is 26.0 Å². The van der Waals surface area contributed by atoms with Crippen LogP contribution in [-0.4, -0.2) is 11.5 Å². The van der Waals surface area contributed by atoms with E-state index in [1.165, 1.54) is 0 Å². The van der Waals surface area contributed by atoms with Gasteiger partial charge in [0.15, 0.2) is 0 Å². The summed E-state index contributed by atoms with van der Waals surface area (Å²) in [4.78, 5) is 11.1. The van der Waals surface area contributed by atoms with Crippen LogP contribution in [0.2, 0.25) is 0 Å². The molecule has 2 rings (SSSR count). The molecule has 3 heteroatoms. The number of rotatable bonds is 1. The van der Waals surface area contributed by atoms with Crippen LogP contribution >= 0.6 is 0 Å². The standard InChI is InChI=1S/C11H13NO2/c1-11(2)6-7-4-3-5-8(10(12)13)9(7)14-11/h3-5H,6H2,1-2H3,(H2,12,13). The topological polar surface area (TPSA) is 52.3 Å². The lowest BCUT2D eigenvalue weighted by molar-refractivity contribution is 0.0985. The van der Waals surface area contributed by atoms with Gasteiger partial charge < -0.3 is 10.5 Å². The number of benzene rings is 1. The van der Waals surface area contributed by atoms with E-state index < -0.39 is 5.91 Å². The molecule has 0 saturated carbocycles. The molecule has 2 N–H and O–H groups in total. The number of hydrogen-bond donors (Lipinski definition) is 1. The highest BCUT2D eigenvalue weighted by Crippen LogP contribution is 2.37. The predicted molar refractivity (Wildman–Crippen MR) is 53.4 cm³/mol. The van der Waals surface area contributed by atoms with Gasteiger partial charge in [-0.15, -0.1) is 0 Å². The van der Waals surface area contributed by atoms with Crippen molar-refractivity contribution in [3.05, 3.63) is 29.3 Å². The Balaban J connectivity index is 2.52. The van der Waals surface area contributed by atoms with E-state index in [9.17, 15) is 4.79 Å². The number of para-hydroxylation sites is 1. The normalized spacial score (nSPS) is 17.3. The molecule has 14 heavy (non-hydrogen) atoms. The fourth-order valence-corrected chi connectivity index (χ4v) is 1.81. The van der Waals surface area contributed by atoms with Crippen LogP contribution in [-0.2, 0) is 6.42 Å². The Labute approximate surface area is 82.9 Å². The summed E-state index contributed by atoms with van der Waals surface area (Å²) in [5, 5.41) is 0. The first-order valence-corrected chi connectivity index (χ1v) is 4.60. The van der Waals surface area contributed by atoms with Crippen LogP contribution in [0.3, 0.4) is 0 Å². The van der Waals surface area contributed by atoms with Crippen LogP contribution in [0.15, 0.2) is 18.2 Å². The lowest BCUT2D eigenvalue weighted by Crippen LogP contribution is -2.25. The third-order valence-electron chi connectivity index (χ3n) is 2.36. The minimum Gasteiger partial charge on any atom is -0.486 e. The summed E-state index contributed by atoms with van der Waals surface area (Å²) in [5.41, 5.74) is 6.57. The molecule has 1 amide bonds. The van der Waals surface area contributed by atoms with Crippen molar-refractivity contribution < 1.29 is 9.53 Å². The van der Waals surface area contributed by atoms with Crippen LogP contribution in [0.5, 0.6) is 5.75 Å². The molecule has 0 fully saturated rings. The van der Waals surface area contributed by atoms with E-state index >= 15 is 0 Å². The van der Waals surface area contributed by atoms with Crippen LogP contribution in [0.1, 0.15) is 29.8 Å². The van der Waals surface area contributed by atoms with Gasteiger partial charge in [-0.2, -0.15) is 0 Å². The quantitative estimate of drug-likeness (QED) is 0.731. The fourth-order valence-electron chi connectivity index (χ4n) is 1.81. The first kappa shape index (κ1) is 9.06. The number of primary amides is 1. The van der Waals surface area contributed by atoms with Crippen LogP contribution in [0.25, 0.3) is 0 Å². The summed E-state index contributed by atoms with van der Waals surface area (Å²) in [5.74, 6) is 0.226. The molecule has 1 aliphatic heterocycles. The maximum absolute atomic E-state index is 11.1. The molecular formula is C11H13NO2. The van der Waals surface area contributed by atoms with E-state index in [2.05, 4.69) is 0 Å². The first-order chi connectivity index (χ1) is 6.49. The summed E-state index contributed by atoms with van der Waals surface area (Å²) in [6.45, 7) is 4.00. The van der Waals surface area contributed by atoms with Gasteiger partial charge in [0.2, 0.25) is 0 Å². The van der Waals surface area contributed by atoms with E-state index in [4.69, 9.17) is 10.5 Å². The molecule has 1 aliphatic rings. The van der Waals surface area contributed by atoms with Crippen LogP contribution in [0.4, 0.5) is 0 Å². The van der Waals surface area contributed by atoms with Crippen LogP contribution < -0.4 is 10.5 Å². The van der Waals surface area contributed by atoms with E-state index in [1.54, 1.807) is 6.07 Å². The summed E-state index contributed by atoms with van der Waals surface area (Å²) in [6, 6.07) is 5.50. The van der Waals surface area contributed by atoms with Gasteiger partial charge in [0.05, 0.1) is 5.56 Å². The van der Waals surface area contributed by atoms with Crippen LogP contribution in [0, 0.1) is 0 Å². The molecule has 1 heterocycles. The van der Waals surface area contributed by atoms with Crippen molar-refractivity contribution >= 4 is 5.91 Å². The zero-order chi connectivity index (χ0) is 10.3. The Bertz CT molecular complexity index is 396. The number of hydrogen-bond acceptors (Lipinski definition) is 2. The second-order valence-corrected chi connectivity index (χ2v) is 4.20. The van der Waals surface area contributed by atoms with Gasteiger partial charge in [-0.3, -0.25) is 4.79 Å². The summed E-state index contributed by atoms with van der Waals surface area (Å²) >= 11 is 0. The minimum absolute atomic E-state index is 0.228. The number of carbonyl (C=O) groups is 1. The van der Waals surface area contributed by atoms with Crippen molar-refractivity contribution in [2.45, 2.75) is 25.9 Å². The molecule has 0 aliphatic carbocycles. The molecule has 0 unspecified atom stereocenters. The van der Waals surface area contributed by atoms with Gasteiger partial charge in [0.25, 0.3) is 5.91 Å². The molecule has 0 saturated heterocycles.